The Labute approximate surface area is 100 Å². The molecule has 0 amide bonds. The van der Waals surface area contributed by atoms with Gasteiger partial charge >= 0.3 is 5.97 Å². The summed E-state index contributed by atoms with van der Waals surface area (Å²) in [7, 11) is -3.97. The normalized spacial score (nSPS) is 11.4. The molecule has 1 aromatic rings. The first-order chi connectivity index (χ1) is 7.95. The quantitative estimate of drug-likeness (QED) is 0.781. The summed E-state index contributed by atoms with van der Waals surface area (Å²) < 4.78 is 27.4. The molecule has 0 heterocycles. The van der Waals surface area contributed by atoms with Crippen LogP contribution in [-0.2, 0) is 25.5 Å². The molecule has 0 bridgehead atoms. The second kappa shape index (κ2) is 5.79. The van der Waals surface area contributed by atoms with Crippen LogP contribution < -0.4 is 0 Å². The first kappa shape index (κ1) is 13.7. The molecule has 1 rings (SSSR count). The van der Waals surface area contributed by atoms with E-state index >= 15 is 0 Å². The number of carboxylic acids is 1. The highest BCUT2D eigenvalue weighted by Crippen LogP contribution is 2.14. The van der Waals surface area contributed by atoms with Crippen molar-refractivity contribution in [1.29, 1.82) is 0 Å². The minimum atomic E-state index is -3.97. The van der Waals surface area contributed by atoms with Gasteiger partial charge in [0.05, 0.1) is 4.90 Å². The Kier molecular flexibility index (Phi) is 4.65. The number of hydrogen-bond acceptors (Lipinski definition) is 4. The fourth-order valence-electron chi connectivity index (χ4n) is 1.31. The van der Waals surface area contributed by atoms with Crippen LogP contribution in [0.3, 0.4) is 0 Å². The van der Waals surface area contributed by atoms with Gasteiger partial charge in [0, 0.05) is 0 Å². The summed E-state index contributed by atoms with van der Waals surface area (Å²) >= 11 is 0. The van der Waals surface area contributed by atoms with Gasteiger partial charge in [-0.1, -0.05) is 25.5 Å². The highest BCUT2D eigenvalue weighted by Gasteiger charge is 2.16. The molecule has 1 aromatic carbocycles. The zero-order valence-corrected chi connectivity index (χ0v) is 10.2. The average Bonchev–Trinajstić information content (AvgIpc) is 2.28. The maximum Gasteiger partial charge on any atom is 0.331 e. The highest BCUT2D eigenvalue weighted by molar-refractivity contribution is 7.86. The van der Waals surface area contributed by atoms with Crippen LogP contribution in [0.5, 0.6) is 0 Å². The number of hydrogen-bond donors (Lipinski definition) is 1. The van der Waals surface area contributed by atoms with Crippen LogP contribution in [0.25, 0.3) is 0 Å². The molecule has 0 aromatic heterocycles. The summed E-state index contributed by atoms with van der Waals surface area (Å²) in [4.78, 5) is 10.2. The SMILES string of the molecule is CCCc1ccc(S(=O)(=O)OCC(=O)O)cc1. The molecule has 0 saturated heterocycles. The number of aryl methyl sites for hydroxylation is 1. The van der Waals surface area contributed by atoms with E-state index in [-0.39, 0.29) is 4.90 Å². The number of rotatable bonds is 6. The van der Waals surface area contributed by atoms with Gasteiger partial charge in [-0.25, -0.2) is 4.79 Å². The topological polar surface area (TPSA) is 80.7 Å². The second-order valence-electron chi connectivity index (χ2n) is 3.50. The molecule has 94 valence electrons. The Bertz CT molecular complexity index is 475. The van der Waals surface area contributed by atoms with Crippen molar-refractivity contribution < 1.29 is 22.5 Å². The smallest absolute Gasteiger partial charge is 0.331 e. The van der Waals surface area contributed by atoms with E-state index in [0.29, 0.717) is 0 Å². The van der Waals surface area contributed by atoms with E-state index < -0.39 is 22.7 Å². The fraction of sp³-hybridized carbons (Fsp3) is 0.364. The van der Waals surface area contributed by atoms with Crippen LogP contribution in [0.4, 0.5) is 0 Å². The molecule has 0 unspecified atom stereocenters. The van der Waals surface area contributed by atoms with E-state index in [0.717, 1.165) is 18.4 Å². The van der Waals surface area contributed by atoms with Gasteiger partial charge in [0.25, 0.3) is 10.1 Å². The Balaban J connectivity index is 2.81. The van der Waals surface area contributed by atoms with Crippen LogP contribution in [0.15, 0.2) is 29.2 Å². The lowest BCUT2D eigenvalue weighted by Crippen LogP contribution is -2.13. The Morgan fingerprint density at radius 3 is 2.35 bits per heavy atom. The van der Waals surface area contributed by atoms with E-state index in [4.69, 9.17) is 5.11 Å². The molecule has 0 saturated carbocycles. The maximum absolute atomic E-state index is 11.5. The first-order valence-corrected chi connectivity index (χ1v) is 6.56. The summed E-state index contributed by atoms with van der Waals surface area (Å²) in [5.41, 5.74) is 1.03. The maximum atomic E-state index is 11.5. The molecule has 0 radical (unpaired) electrons. The van der Waals surface area contributed by atoms with Gasteiger partial charge in [-0.3, -0.25) is 4.18 Å². The van der Waals surface area contributed by atoms with Gasteiger partial charge in [0.1, 0.15) is 0 Å². The van der Waals surface area contributed by atoms with Crippen LogP contribution in [0.1, 0.15) is 18.9 Å². The van der Waals surface area contributed by atoms with Crippen molar-refractivity contribution in [2.75, 3.05) is 6.61 Å². The van der Waals surface area contributed by atoms with Crippen molar-refractivity contribution in [3.8, 4) is 0 Å². The Morgan fingerprint density at radius 2 is 1.88 bits per heavy atom. The molecule has 0 spiro atoms. The van der Waals surface area contributed by atoms with E-state index in [1.807, 2.05) is 6.92 Å². The summed E-state index contributed by atoms with van der Waals surface area (Å²) in [5.74, 6) is -1.32. The lowest BCUT2D eigenvalue weighted by atomic mass is 10.1. The zero-order valence-electron chi connectivity index (χ0n) is 9.42. The van der Waals surface area contributed by atoms with Gasteiger partial charge in [-0.15, -0.1) is 0 Å². The van der Waals surface area contributed by atoms with Gasteiger partial charge < -0.3 is 5.11 Å². The second-order valence-corrected chi connectivity index (χ2v) is 5.12. The van der Waals surface area contributed by atoms with E-state index in [2.05, 4.69) is 4.18 Å². The van der Waals surface area contributed by atoms with Crippen molar-refractivity contribution in [1.82, 2.24) is 0 Å². The third-order valence-electron chi connectivity index (χ3n) is 2.09. The molecular weight excluding hydrogens is 244 g/mol. The molecule has 17 heavy (non-hydrogen) atoms. The van der Waals surface area contributed by atoms with Crippen molar-refractivity contribution in [2.45, 2.75) is 24.7 Å². The van der Waals surface area contributed by atoms with Crippen LogP contribution in [0.2, 0.25) is 0 Å². The average molecular weight is 258 g/mol. The molecule has 1 N–H and O–H groups in total. The number of carbonyl (C=O) groups is 1. The highest BCUT2D eigenvalue weighted by atomic mass is 32.2. The minimum Gasteiger partial charge on any atom is -0.479 e. The monoisotopic (exact) mass is 258 g/mol. The molecule has 0 atom stereocenters. The summed E-state index contributed by atoms with van der Waals surface area (Å²) in [5, 5.41) is 8.35. The largest absolute Gasteiger partial charge is 0.479 e. The molecular formula is C11H14O5S. The minimum absolute atomic E-state index is 0.0291. The standard InChI is InChI=1S/C11H14O5S/c1-2-3-9-4-6-10(7-5-9)17(14,15)16-8-11(12)13/h4-7H,2-3,8H2,1H3,(H,12,13). The first-order valence-electron chi connectivity index (χ1n) is 5.16. The van der Waals surface area contributed by atoms with Gasteiger partial charge in [0.2, 0.25) is 0 Å². The van der Waals surface area contributed by atoms with Gasteiger partial charge in [-0.05, 0) is 24.1 Å². The third kappa shape index (κ3) is 4.16. The van der Waals surface area contributed by atoms with Crippen LogP contribution >= 0.6 is 0 Å². The van der Waals surface area contributed by atoms with Crippen LogP contribution in [0, 0.1) is 0 Å². The summed E-state index contributed by atoms with van der Waals surface area (Å²) in [6.07, 6.45) is 1.85. The van der Waals surface area contributed by atoms with E-state index in [1.54, 1.807) is 12.1 Å². The van der Waals surface area contributed by atoms with Crippen molar-refractivity contribution in [2.24, 2.45) is 0 Å². The number of benzene rings is 1. The lowest BCUT2D eigenvalue weighted by Gasteiger charge is -2.04. The number of aliphatic carboxylic acids is 1. The van der Waals surface area contributed by atoms with Gasteiger partial charge in [0.15, 0.2) is 6.61 Å². The van der Waals surface area contributed by atoms with Crippen molar-refractivity contribution in [3.63, 3.8) is 0 Å². The zero-order chi connectivity index (χ0) is 12.9. The number of carboxylic acid groups (broad SMARTS) is 1. The molecule has 0 aliphatic carbocycles. The van der Waals surface area contributed by atoms with E-state index in [1.165, 1.54) is 12.1 Å². The molecule has 0 fully saturated rings. The summed E-state index contributed by atoms with van der Waals surface area (Å²) in [6, 6.07) is 6.23. The Morgan fingerprint density at radius 1 is 1.29 bits per heavy atom. The predicted octanol–water partition coefficient (Wildman–Crippen LogP) is 1.43. The predicted molar refractivity (Wildman–Crippen MR) is 61.2 cm³/mol. The van der Waals surface area contributed by atoms with Crippen molar-refractivity contribution >= 4 is 16.1 Å². The molecule has 6 heteroatoms. The fourth-order valence-corrected chi connectivity index (χ4v) is 2.17. The molecule has 0 aliphatic rings. The lowest BCUT2D eigenvalue weighted by molar-refractivity contribution is -0.139. The van der Waals surface area contributed by atoms with Gasteiger partial charge in [-0.2, -0.15) is 8.42 Å². The summed E-state index contributed by atoms with van der Waals surface area (Å²) in [6.45, 7) is 1.17. The van der Waals surface area contributed by atoms with E-state index in [9.17, 15) is 13.2 Å². The molecule has 0 aliphatic heterocycles. The Hall–Kier alpha value is -1.40. The molecule has 5 nitrogen and oxygen atoms in total. The third-order valence-corrected chi connectivity index (χ3v) is 3.37. The van der Waals surface area contributed by atoms with Crippen LogP contribution in [-0.4, -0.2) is 26.1 Å². The van der Waals surface area contributed by atoms with Crippen molar-refractivity contribution in [3.05, 3.63) is 29.8 Å².